The van der Waals surface area contributed by atoms with Gasteiger partial charge in [0.25, 0.3) is 0 Å². The number of allylic oxidation sites excluding steroid dienone is 1. The van der Waals surface area contributed by atoms with E-state index < -0.39 is 23.5 Å². The molecule has 2 aliphatic rings. The molecule has 0 aromatic heterocycles. The zero-order chi connectivity index (χ0) is 11.8. The second-order valence-electron chi connectivity index (χ2n) is 4.26. The minimum atomic E-state index is -0.938. The van der Waals surface area contributed by atoms with Crippen molar-refractivity contribution in [1.82, 2.24) is 0 Å². The lowest BCUT2D eigenvalue weighted by atomic mass is 9.73. The van der Waals surface area contributed by atoms with E-state index in [0.29, 0.717) is 12.0 Å². The van der Waals surface area contributed by atoms with Crippen LogP contribution in [0.25, 0.3) is 0 Å². The zero-order valence-electron chi connectivity index (χ0n) is 9.10. The molecule has 0 saturated carbocycles. The highest BCUT2D eigenvalue weighted by Crippen LogP contribution is 2.45. The minimum Gasteiger partial charge on any atom is -0.389 e. The number of ether oxygens (including phenoxy) is 1. The number of aliphatic hydroxyl groups excluding tert-OH is 1. The monoisotopic (exact) mass is 222 g/mol. The van der Waals surface area contributed by atoms with E-state index in [0.717, 1.165) is 12.8 Å². The van der Waals surface area contributed by atoms with Crippen LogP contribution in [-0.2, 0) is 14.3 Å². The van der Waals surface area contributed by atoms with E-state index >= 15 is 0 Å². The normalized spacial score (nSPS) is 31.2. The van der Waals surface area contributed by atoms with Crippen LogP contribution in [0.15, 0.2) is 23.8 Å². The maximum Gasteiger partial charge on any atom is 0.342 e. The highest BCUT2D eigenvalue weighted by molar-refractivity contribution is 6.11. The van der Waals surface area contributed by atoms with Gasteiger partial charge in [-0.25, -0.2) is 4.79 Å². The van der Waals surface area contributed by atoms with Crippen LogP contribution in [0.5, 0.6) is 0 Å². The molecular formula is C12H14O4. The van der Waals surface area contributed by atoms with E-state index in [1.807, 2.05) is 0 Å². The molecule has 86 valence electrons. The molecule has 16 heavy (non-hydrogen) atoms. The molecule has 2 rings (SSSR count). The topological polar surface area (TPSA) is 63.6 Å². The van der Waals surface area contributed by atoms with E-state index in [4.69, 9.17) is 0 Å². The Kier molecular flexibility index (Phi) is 2.68. The summed E-state index contributed by atoms with van der Waals surface area (Å²) in [7, 11) is 0. The zero-order valence-corrected chi connectivity index (χ0v) is 9.10. The van der Waals surface area contributed by atoms with Gasteiger partial charge in [-0.05, 0) is 26.2 Å². The summed E-state index contributed by atoms with van der Waals surface area (Å²) in [6.45, 7) is 1.60. The summed E-state index contributed by atoms with van der Waals surface area (Å²) in [4.78, 5) is 23.2. The molecule has 0 amide bonds. The summed E-state index contributed by atoms with van der Waals surface area (Å²) in [5, 5.41) is 9.21. The third kappa shape index (κ3) is 1.59. The van der Waals surface area contributed by atoms with Gasteiger partial charge in [0, 0.05) is 0 Å². The van der Waals surface area contributed by atoms with E-state index in [9.17, 15) is 14.7 Å². The predicted molar refractivity (Wildman–Crippen MR) is 56.3 cm³/mol. The van der Waals surface area contributed by atoms with Crippen molar-refractivity contribution >= 4 is 11.9 Å². The van der Waals surface area contributed by atoms with Crippen molar-refractivity contribution in [2.45, 2.75) is 32.3 Å². The number of hydrogen-bond acceptors (Lipinski definition) is 4. The fourth-order valence-corrected chi connectivity index (χ4v) is 2.20. The van der Waals surface area contributed by atoms with E-state index in [-0.39, 0.29) is 0 Å². The van der Waals surface area contributed by atoms with Crippen molar-refractivity contribution < 1.29 is 19.4 Å². The fourth-order valence-electron chi connectivity index (χ4n) is 2.20. The maximum atomic E-state index is 11.7. The molecule has 1 aliphatic carbocycles. The van der Waals surface area contributed by atoms with Gasteiger partial charge in [-0.2, -0.15) is 0 Å². The van der Waals surface area contributed by atoms with Crippen molar-refractivity contribution in [2.75, 3.05) is 0 Å². The molecule has 1 aliphatic heterocycles. The van der Waals surface area contributed by atoms with Crippen molar-refractivity contribution in [1.29, 1.82) is 0 Å². The summed E-state index contributed by atoms with van der Waals surface area (Å²) < 4.78 is 4.66. The summed E-state index contributed by atoms with van der Waals surface area (Å²) in [5.41, 5.74) is -0.507. The number of rotatable bonds is 2. The number of esters is 2. The van der Waals surface area contributed by atoms with Gasteiger partial charge in [0.15, 0.2) is 0 Å². The molecule has 2 atom stereocenters. The third-order valence-corrected chi connectivity index (χ3v) is 3.03. The minimum absolute atomic E-state index is 0.431. The molecule has 1 fully saturated rings. The first-order valence-electron chi connectivity index (χ1n) is 5.41. The quantitative estimate of drug-likeness (QED) is 0.432. The lowest BCUT2D eigenvalue weighted by molar-refractivity contribution is -0.154. The van der Waals surface area contributed by atoms with Gasteiger partial charge < -0.3 is 9.84 Å². The van der Waals surface area contributed by atoms with Gasteiger partial charge >= 0.3 is 11.9 Å². The Labute approximate surface area is 93.6 Å². The van der Waals surface area contributed by atoms with Gasteiger partial charge in [0.1, 0.15) is 5.41 Å². The van der Waals surface area contributed by atoms with E-state index in [1.54, 1.807) is 19.1 Å². The van der Waals surface area contributed by atoms with E-state index in [2.05, 4.69) is 4.74 Å². The second kappa shape index (κ2) is 3.87. The van der Waals surface area contributed by atoms with E-state index in [1.165, 1.54) is 6.08 Å². The smallest absolute Gasteiger partial charge is 0.342 e. The lowest BCUT2D eigenvalue weighted by Crippen LogP contribution is -2.28. The van der Waals surface area contributed by atoms with Gasteiger partial charge in [-0.3, -0.25) is 4.79 Å². The molecule has 0 aromatic rings. The largest absolute Gasteiger partial charge is 0.389 e. The van der Waals surface area contributed by atoms with Crippen LogP contribution in [0.1, 0.15) is 26.2 Å². The molecule has 1 saturated heterocycles. The third-order valence-electron chi connectivity index (χ3n) is 3.03. The molecular weight excluding hydrogens is 208 g/mol. The first-order valence-corrected chi connectivity index (χ1v) is 5.41. The van der Waals surface area contributed by atoms with Crippen LogP contribution >= 0.6 is 0 Å². The van der Waals surface area contributed by atoms with Gasteiger partial charge in [-0.15, -0.1) is 0 Å². The maximum absolute atomic E-state index is 11.7. The SMILES string of the molecule is CC(O)/C=C/C12CCCC=C1C(=O)OC2=O. The Morgan fingerprint density at radius 2 is 2.31 bits per heavy atom. The Morgan fingerprint density at radius 3 is 3.00 bits per heavy atom. The van der Waals surface area contributed by atoms with Crippen LogP contribution in [-0.4, -0.2) is 23.1 Å². The molecule has 0 bridgehead atoms. The molecule has 4 heteroatoms. The van der Waals surface area contributed by atoms with Crippen molar-refractivity contribution in [3.63, 3.8) is 0 Å². The average molecular weight is 222 g/mol. The summed E-state index contributed by atoms with van der Waals surface area (Å²) in [6, 6.07) is 0. The predicted octanol–water partition coefficient (Wildman–Crippen LogP) is 1.10. The van der Waals surface area contributed by atoms with Gasteiger partial charge in [0.2, 0.25) is 0 Å². The number of carbonyl (C=O) groups is 2. The van der Waals surface area contributed by atoms with Crippen LogP contribution in [0.4, 0.5) is 0 Å². The Balaban J connectivity index is 2.41. The lowest BCUT2D eigenvalue weighted by Gasteiger charge is -2.24. The number of aliphatic hydroxyl groups is 1. The first-order chi connectivity index (χ1) is 7.56. The van der Waals surface area contributed by atoms with Crippen molar-refractivity contribution in [2.24, 2.45) is 5.41 Å². The van der Waals surface area contributed by atoms with Crippen LogP contribution in [0.2, 0.25) is 0 Å². The number of cyclic esters (lactones) is 2. The standard InChI is InChI=1S/C12H14O4/c1-8(13)5-7-12-6-3-2-4-9(12)10(14)16-11(12)15/h4-5,7-8,13H,2-3,6H2,1H3/b7-5+. The molecule has 1 heterocycles. The summed E-state index contributed by atoms with van der Waals surface area (Å²) in [6.07, 6.45) is 6.48. The highest BCUT2D eigenvalue weighted by Gasteiger charge is 2.52. The molecule has 1 N–H and O–H groups in total. The summed E-state index contributed by atoms with van der Waals surface area (Å²) in [5.74, 6) is -1.06. The number of hydrogen-bond donors (Lipinski definition) is 1. The highest BCUT2D eigenvalue weighted by atomic mass is 16.6. The first kappa shape index (κ1) is 11.1. The van der Waals surface area contributed by atoms with Crippen molar-refractivity contribution in [3.05, 3.63) is 23.8 Å². The Hall–Kier alpha value is -1.42. The number of carbonyl (C=O) groups excluding carboxylic acids is 2. The molecule has 0 spiro atoms. The second-order valence-corrected chi connectivity index (χ2v) is 4.26. The fraction of sp³-hybridized carbons (Fsp3) is 0.500. The molecule has 0 radical (unpaired) electrons. The molecule has 2 unspecified atom stereocenters. The molecule has 0 aromatic carbocycles. The Morgan fingerprint density at radius 1 is 1.56 bits per heavy atom. The van der Waals surface area contributed by atoms with Gasteiger partial charge in [0.05, 0.1) is 11.7 Å². The number of fused-ring (bicyclic) bond motifs is 1. The van der Waals surface area contributed by atoms with Crippen LogP contribution < -0.4 is 0 Å². The van der Waals surface area contributed by atoms with Crippen molar-refractivity contribution in [3.8, 4) is 0 Å². The molecule has 4 nitrogen and oxygen atoms in total. The Bertz CT molecular complexity index is 392. The van der Waals surface area contributed by atoms with Crippen LogP contribution in [0.3, 0.4) is 0 Å². The summed E-state index contributed by atoms with van der Waals surface area (Å²) >= 11 is 0. The van der Waals surface area contributed by atoms with Crippen LogP contribution in [0, 0.1) is 5.41 Å². The average Bonchev–Trinajstić information content (AvgIpc) is 2.50. The van der Waals surface area contributed by atoms with Gasteiger partial charge in [-0.1, -0.05) is 18.2 Å².